The lowest BCUT2D eigenvalue weighted by molar-refractivity contribution is -0.140. The summed E-state index contributed by atoms with van der Waals surface area (Å²) >= 11 is 0. The highest BCUT2D eigenvalue weighted by Crippen LogP contribution is 2.31. The van der Waals surface area contributed by atoms with E-state index in [1.165, 1.54) is 12.0 Å². The van der Waals surface area contributed by atoms with Crippen LogP contribution >= 0.6 is 0 Å². The van der Waals surface area contributed by atoms with E-state index in [1.54, 1.807) is 18.2 Å². The highest BCUT2D eigenvalue weighted by molar-refractivity contribution is 7.92. The van der Waals surface area contributed by atoms with Crippen LogP contribution in [0.1, 0.15) is 30.0 Å². The predicted molar refractivity (Wildman–Crippen MR) is 154 cm³/mol. The lowest BCUT2D eigenvalue weighted by Gasteiger charge is -2.33. The maximum absolute atomic E-state index is 14.1. The number of hydrogen-bond acceptors (Lipinski definition) is 5. The SMILES string of the molecule is CCCNC(=O)[C@@H](Cc1ccccc1)N(Cc1ccccc1)C(=O)CN(c1cc(C)ccc1OC)S(C)(=O)=O. The maximum atomic E-state index is 14.1. The van der Waals surface area contributed by atoms with E-state index in [-0.39, 0.29) is 24.6 Å². The van der Waals surface area contributed by atoms with Crippen LogP contribution in [0.2, 0.25) is 0 Å². The molecule has 0 fully saturated rings. The molecule has 2 amide bonds. The number of carbonyl (C=O) groups excluding carboxylic acids is 2. The smallest absolute Gasteiger partial charge is 0.244 e. The van der Waals surface area contributed by atoms with E-state index in [0.717, 1.165) is 33.7 Å². The first-order valence-corrected chi connectivity index (χ1v) is 14.8. The summed E-state index contributed by atoms with van der Waals surface area (Å²) in [5.74, 6) is -0.459. The van der Waals surface area contributed by atoms with Crippen molar-refractivity contribution < 1.29 is 22.7 Å². The number of hydrogen-bond donors (Lipinski definition) is 1. The number of rotatable bonds is 13. The van der Waals surface area contributed by atoms with Crippen molar-refractivity contribution >= 4 is 27.5 Å². The van der Waals surface area contributed by atoms with Gasteiger partial charge in [0.2, 0.25) is 21.8 Å². The monoisotopic (exact) mass is 551 g/mol. The average Bonchev–Trinajstić information content (AvgIpc) is 2.92. The van der Waals surface area contributed by atoms with E-state index in [2.05, 4.69) is 5.32 Å². The molecule has 0 aromatic heterocycles. The highest BCUT2D eigenvalue weighted by Gasteiger charge is 2.33. The Bertz CT molecular complexity index is 1350. The van der Waals surface area contributed by atoms with E-state index in [1.807, 2.05) is 74.5 Å². The fourth-order valence-corrected chi connectivity index (χ4v) is 5.13. The Morgan fingerprint density at radius 2 is 1.56 bits per heavy atom. The molecule has 0 aliphatic carbocycles. The molecule has 3 aromatic rings. The molecule has 0 unspecified atom stereocenters. The molecule has 0 aliphatic rings. The Balaban J connectivity index is 2.06. The first kappa shape index (κ1) is 29.7. The number of anilines is 1. The largest absolute Gasteiger partial charge is 0.495 e. The molecular weight excluding hydrogens is 514 g/mol. The van der Waals surface area contributed by atoms with Crippen LogP contribution in [0.4, 0.5) is 5.69 Å². The molecule has 0 saturated carbocycles. The van der Waals surface area contributed by atoms with Gasteiger partial charge in [0.15, 0.2) is 0 Å². The molecule has 0 bridgehead atoms. The molecule has 9 heteroatoms. The van der Waals surface area contributed by atoms with Gasteiger partial charge in [0.1, 0.15) is 18.3 Å². The molecule has 0 heterocycles. The fourth-order valence-electron chi connectivity index (χ4n) is 4.29. The normalized spacial score (nSPS) is 11.9. The summed E-state index contributed by atoms with van der Waals surface area (Å²) in [6.45, 7) is 3.91. The first-order valence-electron chi connectivity index (χ1n) is 12.9. The van der Waals surface area contributed by atoms with Gasteiger partial charge in [-0.05, 0) is 42.2 Å². The number of ether oxygens (including phenoxy) is 1. The lowest BCUT2D eigenvalue weighted by Crippen LogP contribution is -2.53. The minimum absolute atomic E-state index is 0.138. The quantitative estimate of drug-likeness (QED) is 0.347. The number of carbonyl (C=O) groups is 2. The van der Waals surface area contributed by atoms with Crippen LogP contribution in [0, 0.1) is 6.92 Å². The third kappa shape index (κ3) is 8.32. The van der Waals surface area contributed by atoms with Crippen molar-refractivity contribution in [2.45, 2.75) is 39.3 Å². The molecule has 0 saturated heterocycles. The molecule has 3 rings (SSSR count). The minimum Gasteiger partial charge on any atom is -0.495 e. The summed E-state index contributed by atoms with van der Waals surface area (Å²) in [5.41, 5.74) is 2.79. The van der Waals surface area contributed by atoms with Crippen molar-refractivity contribution in [2.75, 3.05) is 30.8 Å². The summed E-state index contributed by atoms with van der Waals surface area (Å²) in [7, 11) is -2.43. The summed E-state index contributed by atoms with van der Waals surface area (Å²) in [4.78, 5) is 29.0. The summed E-state index contributed by atoms with van der Waals surface area (Å²) in [6, 6.07) is 23.1. The van der Waals surface area contributed by atoms with Crippen LogP contribution < -0.4 is 14.4 Å². The van der Waals surface area contributed by atoms with Gasteiger partial charge in [0.25, 0.3) is 0 Å². The second-order valence-electron chi connectivity index (χ2n) is 9.45. The second-order valence-corrected chi connectivity index (χ2v) is 11.4. The summed E-state index contributed by atoms with van der Waals surface area (Å²) in [6.07, 6.45) is 2.08. The topological polar surface area (TPSA) is 96.0 Å². The molecule has 8 nitrogen and oxygen atoms in total. The molecule has 0 aliphatic heterocycles. The Kier molecular flexibility index (Phi) is 10.5. The number of nitrogens with zero attached hydrogens (tertiary/aromatic N) is 2. The Morgan fingerprint density at radius 1 is 0.949 bits per heavy atom. The van der Waals surface area contributed by atoms with E-state index in [0.29, 0.717) is 12.3 Å². The molecule has 0 spiro atoms. The number of sulfonamides is 1. The van der Waals surface area contributed by atoms with Gasteiger partial charge in [-0.15, -0.1) is 0 Å². The van der Waals surface area contributed by atoms with Crippen LogP contribution in [-0.4, -0.2) is 57.6 Å². The van der Waals surface area contributed by atoms with Gasteiger partial charge in [-0.25, -0.2) is 8.42 Å². The molecular formula is C30H37N3O5S. The van der Waals surface area contributed by atoms with E-state index in [4.69, 9.17) is 4.74 Å². The van der Waals surface area contributed by atoms with Gasteiger partial charge in [-0.3, -0.25) is 13.9 Å². The van der Waals surface area contributed by atoms with Gasteiger partial charge < -0.3 is 15.0 Å². The zero-order valence-electron chi connectivity index (χ0n) is 23.0. The number of methoxy groups -OCH3 is 1. The summed E-state index contributed by atoms with van der Waals surface area (Å²) < 4.78 is 32.4. The van der Waals surface area contributed by atoms with Crippen molar-refractivity contribution in [2.24, 2.45) is 0 Å². The minimum atomic E-state index is -3.88. The Hall–Kier alpha value is -3.85. The van der Waals surface area contributed by atoms with E-state index < -0.39 is 28.5 Å². The van der Waals surface area contributed by atoms with Gasteiger partial charge in [-0.2, -0.15) is 0 Å². The van der Waals surface area contributed by atoms with Gasteiger partial charge in [0.05, 0.1) is 19.1 Å². The Morgan fingerprint density at radius 3 is 2.13 bits per heavy atom. The van der Waals surface area contributed by atoms with E-state index >= 15 is 0 Å². The molecule has 3 aromatic carbocycles. The van der Waals surface area contributed by atoms with Crippen molar-refractivity contribution in [3.8, 4) is 5.75 Å². The van der Waals surface area contributed by atoms with E-state index in [9.17, 15) is 18.0 Å². The number of amides is 2. The number of benzene rings is 3. The maximum Gasteiger partial charge on any atom is 0.244 e. The second kappa shape index (κ2) is 13.8. The van der Waals surface area contributed by atoms with Gasteiger partial charge in [0, 0.05) is 19.5 Å². The van der Waals surface area contributed by atoms with Crippen molar-refractivity contribution in [3.63, 3.8) is 0 Å². The zero-order chi connectivity index (χ0) is 28.4. The molecule has 1 atom stereocenters. The van der Waals surface area contributed by atoms with Crippen LogP contribution in [0.5, 0.6) is 5.75 Å². The number of aryl methyl sites for hydroxylation is 1. The number of nitrogens with one attached hydrogen (secondary N) is 1. The third-order valence-corrected chi connectivity index (χ3v) is 7.42. The van der Waals surface area contributed by atoms with Crippen LogP contribution in [-0.2, 0) is 32.6 Å². The molecule has 39 heavy (non-hydrogen) atoms. The third-order valence-electron chi connectivity index (χ3n) is 6.30. The van der Waals surface area contributed by atoms with Crippen molar-refractivity contribution in [1.82, 2.24) is 10.2 Å². The van der Waals surface area contributed by atoms with Gasteiger partial charge >= 0.3 is 0 Å². The lowest BCUT2D eigenvalue weighted by atomic mass is 10.0. The average molecular weight is 552 g/mol. The first-order chi connectivity index (χ1) is 18.6. The van der Waals surface area contributed by atoms with Crippen LogP contribution in [0.15, 0.2) is 78.9 Å². The Labute approximate surface area is 231 Å². The molecule has 1 N–H and O–H groups in total. The highest BCUT2D eigenvalue weighted by atomic mass is 32.2. The van der Waals surface area contributed by atoms with Crippen LogP contribution in [0.25, 0.3) is 0 Å². The van der Waals surface area contributed by atoms with Crippen molar-refractivity contribution in [3.05, 3.63) is 95.6 Å². The van der Waals surface area contributed by atoms with Crippen molar-refractivity contribution in [1.29, 1.82) is 0 Å². The fraction of sp³-hybridized carbons (Fsp3) is 0.333. The molecule has 0 radical (unpaired) electrons. The van der Waals surface area contributed by atoms with Gasteiger partial charge in [-0.1, -0.05) is 73.7 Å². The standard InChI is InChI=1S/C30H37N3O5S/c1-5-18-31-30(35)27(20-24-12-8-6-9-13-24)32(21-25-14-10-7-11-15-25)29(34)22-33(39(4,36)37)26-19-23(2)16-17-28(26)38-3/h6-17,19,27H,5,18,20-22H2,1-4H3,(H,31,35)/t27-/m1/s1. The summed E-state index contributed by atoms with van der Waals surface area (Å²) in [5, 5.41) is 2.93. The predicted octanol–water partition coefficient (Wildman–Crippen LogP) is 3.94. The van der Waals surface area contributed by atoms with Crippen LogP contribution in [0.3, 0.4) is 0 Å². The molecule has 208 valence electrons. The zero-order valence-corrected chi connectivity index (χ0v) is 23.8.